The van der Waals surface area contributed by atoms with Crippen molar-refractivity contribution in [2.75, 3.05) is 30.8 Å². The van der Waals surface area contributed by atoms with Crippen LogP contribution >= 0.6 is 11.8 Å². The molecule has 3 N–H and O–H groups in total. The maximum atomic E-state index is 11.6. The van der Waals surface area contributed by atoms with E-state index >= 15 is 0 Å². The molecule has 172 valence electrons. The summed E-state index contributed by atoms with van der Waals surface area (Å²) in [7, 11) is -4.03. The Balaban J connectivity index is 1.50. The topological polar surface area (TPSA) is 128 Å². The molecule has 32 heavy (non-hydrogen) atoms. The second-order valence-corrected chi connectivity index (χ2v) is 10.7. The molecule has 2 heterocycles. The van der Waals surface area contributed by atoms with E-state index in [1.165, 1.54) is 12.1 Å². The Bertz CT molecular complexity index is 1070. The van der Waals surface area contributed by atoms with Gasteiger partial charge < -0.3 is 10.1 Å². The molecular formula is C21H26N4O5S2. The SMILES string of the molecule is NS(=O)(=O)c1ccc(N[C@H](CCN2C[C@@H]3C[C@H]2CO3)CSc2ccccc2)c([N+](=O)[O-])c1. The molecule has 2 aliphatic heterocycles. The molecule has 0 unspecified atom stereocenters. The average Bonchev–Trinajstić information content (AvgIpc) is 3.39. The summed E-state index contributed by atoms with van der Waals surface area (Å²) in [5.74, 6) is 0.705. The van der Waals surface area contributed by atoms with Crippen LogP contribution < -0.4 is 10.5 Å². The van der Waals surface area contributed by atoms with Crippen molar-refractivity contribution in [3.8, 4) is 0 Å². The van der Waals surface area contributed by atoms with Crippen LogP contribution in [0, 0.1) is 10.1 Å². The molecule has 2 saturated heterocycles. The van der Waals surface area contributed by atoms with Crippen LogP contribution in [0.25, 0.3) is 0 Å². The predicted molar refractivity (Wildman–Crippen MR) is 123 cm³/mol. The highest BCUT2D eigenvalue weighted by molar-refractivity contribution is 7.99. The Morgan fingerprint density at radius 3 is 2.69 bits per heavy atom. The zero-order valence-electron chi connectivity index (χ0n) is 17.4. The minimum atomic E-state index is -4.03. The number of morpholine rings is 1. The van der Waals surface area contributed by atoms with Gasteiger partial charge in [-0.1, -0.05) is 18.2 Å². The number of nitrogens with one attached hydrogen (secondary N) is 1. The molecule has 2 bridgehead atoms. The molecule has 0 aromatic heterocycles. The van der Waals surface area contributed by atoms with E-state index < -0.39 is 14.9 Å². The van der Waals surface area contributed by atoms with E-state index in [2.05, 4.69) is 10.2 Å². The third kappa shape index (κ3) is 5.59. The van der Waals surface area contributed by atoms with Gasteiger partial charge in [0.1, 0.15) is 5.69 Å². The highest BCUT2D eigenvalue weighted by atomic mass is 32.2. The van der Waals surface area contributed by atoms with E-state index in [0.717, 1.165) is 43.5 Å². The molecule has 11 heteroatoms. The Morgan fingerprint density at radius 1 is 1.28 bits per heavy atom. The third-order valence-corrected chi connectivity index (χ3v) is 7.91. The number of hydrogen-bond acceptors (Lipinski definition) is 8. The zero-order chi connectivity index (χ0) is 22.7. The summed E-state index contributed by atoms with van der Waals surface area (Å²) in [5, 5.41) is 20.1. The lowest BCUT2D eigenvalue weighted by molar-refractivity contribution is -0.384. The standard InChI is InChI=1S/C21H26N4O5S2/c22-32(28,29)19-6-7-20(21(11-19)25(26)27)23-15(14-31-18-4-2-1-3-5-18)8-9-24-12-17-10-16(24)13-30-17/h1-7,11,15-17,23H,8-10,12-14H2,(H2,22,28,29)/t15-,16+,17+/m1/s1. The number of thioether (sulfide) groups is 1. The van der Waals surface area contributed by atoms with Crippen molar-refractivity contribution < 1.29 is 18.1 Å². The Labute approximate surface area is 191 Å². The van der Waals surface area contributed by atoms with Gasteiger partial charge in [-0.3, -0.25) is 15.0 Å². The Morgan fingerprint density at radius 2 is 2.06 bits per heavy atom. The first-order chi connectivity index (χ1) is 15.3. The lowest BCUT2D eigenvalue weighted by atomic mass is 10.1. The maximum absolute atomic E-state index is 11.6. The molecule has 0 amide bonds. The number of likely N-dealkylation sites (tertiary alicyclic amines) is 1. The molecule has 2 aromatic rings. The number of nitro groups is 1. The van der Waals surface area contributed by atoms with E-state index in [-0.39, 0.29) is 22.3 Å². The third-order valence-electron chi connectivity index (χ3n) is 5.83. The number of anilines is 1. The van der Waals surface area contributed by atoms with E-state index in [1.807, 2.05) is 30.3 Å². The minimum Gasteiger partial charge on any atom is -0.376 e. The van der Waals surface area contributed by atoms with Gasteiger partial charge in [-0.25, -0.2) is 13.6 Å². The molecule has 0 aliphatic carbocycles. The van der Waals surface area contributed by atoms with Crippen molar-refractivity contribution in [2.45, 2.75) is 40.8 Å². The van der Waals surface area contributed by atoms with Gasteiger partial charge in [-0.2, -0.15) is 0 Å². The summed E-state index contributed by atoms with van der Waals surface area (Å²) >= 11 is 1.68. The molecule has 2 aliphatic rings. The molecule has 0 spiro atoms. The van der Waals surface area contributed by atoms with Crippen LogP contribution in [-0.4, -0.2) is 61.9 Å². The number of primary sulfonamides is 1. The highest BCUT2D eigenvalue weighted by Gasteiger charge is 2.38. The van der Waals surface area contributed by atoms with Gasteiger partial charge in [-0.05, 0) is 37.1 Å². The van der Waals surface area contributed by atoms with Crippen molar-refractivity contribution in [1.29, 1.82) is 0 Å². The lowest BCUT2D eigenvalue weighted by Crippen LogP contribution is -2.39. The van der Waals surface area contributed by atoms with Crippen molar-refractivity contribution in [2.24, 2.45) is 5.14 Å². The van der Waals surface area contributed by atoms with Gasteiger partial charge in [0, 0.05) is 41.9 Å². The fourth-order valence-electron chi connectivity index (χ4n) is 4.17. The molecule has 4 rings (SSSR count). The molecule has 2 aromatic carbocycles. The molecule has 2 fully saturated rings. The normalized spacial score (nSPS) is 21.5. The number of nitrogens with zero attached hydrogens (tertiary/aromatic N) is 2. The predicted octanol–water partition coefficient (Wildman–Crippen LogP) is 2.68. The highest BCUT2D eigenvalue weighted by Crippen LogP contribution is 2.31. The van der Waals surface area contributed by atoms with Gasteiger partial charge in [0.25, 0.3) is 5.69 Å². The first-order valence-electron chi connectivity index (χ1n) is 10.4. The molecule has 3 atom stereocenters. The number of nitrogens with two attached hydrogens (primary N) is 1. The summed E-state index contributed by atoms with van der Waals surface area (Å²) in [5.41, 5.74) is -0.0211. The number of sulfonamides is 1. The maximum Gasteiger partial charge on any atom is 0.293 e. The number of ether oxygens (including phenoxy) is 1. The minimum absolute atomic E-state index is 0.0562. The molecular weight excluding hydrogens is 452 g/mol. The largest absolute Gasteiger partial charge is 0.376 e. The van der Waals surface area contributed by atoms with Gasteiger partial charge in [0.2, 0.25) is 10.0 Å². The first kappa shape index (κ1) is 23.0. The van der Waals surface area contributed by atoms with Gasteiger partial charge in [0.05, 0.1) is 22.5 Å². The second kappa shape index (κ2) is 9.75. The summed E-state index contributed by atoms with van der Waals surface area (Å²) in [6.07, 6.45) is 2.17. The number of fused-ring (bicyclic) bond motifs is 2. The number of nitro benzene ring substituents is 1. The lowest BCUT2D eigenvalue weighted by Gasteiger charge is -2.29. The second-order valence-electron chi connectivity index (χ2n) is 8.07. The number of benzene rings is 2. The van der Waals surface area contributed by atoms with Gasteiger partial charge in [0.15, 0.2) is 0 Å². The fraction of sp³-hybridized carbons (Fsp3) is 0.429. The van der Waals surface area contributed by atoms with Crippen LogP contribution in [0.3, 0.4) is 0 Å². The molecule has 0 saturated carbocycles. The van der Waals surface area contributed by atoms with Crippen LogP contribution in [0.1, 0.15) is 12.8 Å². The van der Waals surface area contributed by atoms with E-state index in [4.69, 9.17) is 9.88 Å². The molecule has 9 nitrogen and oxygen atoms in total. The average molecular weight is 479 g/mol. The van der Waals surface area contributed by atoms with Crippen LogP contribution in [0.5, 0.6) is 0 Å². The number of hydrogen-bond donors (Lipinski definition) is 2. The van der Waals surface area contributed by atoms with Crippen LogP contribution in [0.2, 0.25) is 0 Å². The quantitative estimate of drug-likeness (QED) is 0.303. The van der Waals surface area contributed by atoms with Crippen molar-refractivity contribution >= 4 is 33.2 Å². The summed E-state index contributed by atoms with van der Waals surface area (Å²) < 4.78 is 28.9. The van der Waals surface area contributed by atoms with Gasteiger partial charge in [-0.15, -0.1) is 11.8 Å². The monoisotopic (exact) mass is 478 g/mol. The van der Waals surface area contributed by atoms with Crippen LogP contribution in [0.15, 0.2) is 58.3 Å². The van der Waals surface area contributed by atoms with E-state index in [9.17, 15) is 18.5 Å². The van der Waals surface area contributed by atoms with Crippen molar-refractivity contribution in [3.63, 3.8) is 0 Å². The van der Waals surface area contributed by atoms with Crippen molar-refractivity contribution in [3.05, 3.63) is 58.6 Å². The first-order valence-corrected chi connectivity index (χ1v) is 12.9. The Kier molecular flexibility index (Phi) is 7.01. The smallest absolute Gasteiger partial charge is 0.293 e. The zero-order valence-corrected chi connectivity index (χ0v) is 19.1. The van der Waals surface area contributed by atoms with Gasteiger partial charge >= 0.3 is 0 Å². The van der Waals surface area contributed by atoms with Crippen LogP contribution in [-0.2, 0) is 14.8 Å². The summed E-state index contributed by atoms with van der Waals surface area (Å²) in [6.45, 7) is 2.55. The fourth-order valence-corrected chi connectivity index (χ4v) is 5.69. The Hall–Kier alpha value is -2.18. The van der Waals surface area contributed by atoms with E-state index in [1.54, 1.807) is 11.8 Å². The number of rotatable bonds is 10. The van der Waals surface area contributed by atoms with Crippen LogP contribution in [0.4, 0.5) is 11.4 Å². The molecule has 0 radical (unpaired) electrons. The summed E-state index contributed by atoms with van der Waals surface area (Å²) in [6, 6.07) is 14.1. The van der Waals surface area contributed by atoms with Crippen molar-refractivity contribution in [1.82, 2.24) is 4.90 Å². The van der Waals surface area contributed by atoms with E-state index in [0.29, 0.717) is 17.9 Å². The summed E-state index contributed by atoms with van der Waals surface area (Å²) in [4.78, 5) is 14.3.